The van der Waals surface area contributed by atoms with Crippen molar-refractivity contribution in [3.8, 4) is 0 Å². The number of anilines is 1. The van der Waals surface area contributed by atoms with Crippen LogP contribution in [0.1, 0.15) is 12.2 Å². The molecule has 1 aliphatic rings. The van der Waals surface area contributed by atoms with Gasteiger partial charge in [0.05, 0.1) is 24.6 Å². The zero-order valence-electron chi connectivity index (χ0n) is 13.3. The van der Waals surface area contributed by atoms with E-state index in [4.69, 9.17) is 4.42 Å². The van der Waals surface area contributed by atoms with Crippen LogP contribution in [0.5, 0.6) is 0 Å². The Balaban J connectivity index is 1.65. The number of carbonyl (C=O) groups excluding carboxylic acids is 2. The van der Waals surface area contributed by atoms with Gasteiger partial charge in [-0.05, 0) is 24.3 Å². The molecule has 2 heterocycles. The van der Waals surface area contributed by atoms with Gasteiger partial charge in [0, 0.05) is 13.0 Å². The standard InChI is InChI=1S/C17H18FN3O4/c18-13-5-1-2-6-14(13)20-17(24)21-10-11(22)8-15(21)16(23)19-9-12-4-3-7-25-12/h1-7,11,15,22H,8-10H2,(H,19,23)(H,20,24)/t11-,15-/m1/s1. The molecule has 1 saturated heterocycles. The van der Waals surface area contributed by atoms with Crippen LogP contribution in [0.15, 0.2) is 47.1 Å². The van der Waals surface area contributed by atoms with E-state index in [1.165, 1.54) is 29.4 Å². The van der Waals surface area contributed by atoms with E-state index in [2.05, 4.69) is 10.6 Å². The molecule has 25 heavy (non-hydrogen) atoms. The number of para-hydroxylation sites is 1. The molecule has 0 bridgehead atoms. The van der Waals surface area contributed by atoms with Gasteiger partial charge in [0.15, 0.2) is 0 Å². The number of nitrogens with one attached hydrogen (secondary N) is 2. The van der Waals surface area contributed by atoms with Crippen molar-refractivity contribution >= 4 is 17.6 Å². The molecule has 2 atom stereocenters. The summed E-state index contributed by atoms with van der Waals surface area (Å²) in [6, 6.07) is 7.69. The van der Waals surface area contributed by atoms with Gasteiger partial charge in [0.1, 0.15) is 17.6 Å². The Hall–Kier alpha value is -2.87. The number of carbonyl (C=O) groups is 2. The summed E-state index contributed by atoms with van der Waals surface area (Å²) in [6.45, 7) is 0.181. The Morgan fingerprint density at radius 1 is 1.28 bits per heavy atom. The molecule has 1 aromatic carbocycles. The topological polar surface area (TPSA) is 94.8 Å². The minimum atomic E-state index is -0.836. The van der Waals surface area contributed by atoms with Gasteiger partial charge in [-0.1, -0.05) is 12.1 Å². The van der Waals surface area contributed by atoms with Crippen LogP contribution in [0.25, 0.3) is 0 Å². The summed E-state index contributed by atoms with van der Waals surface area (Å²) >= 11 is 0. The quantitative estimate of drug-likeness (QED) is 0.785. The second-order valence-electron chi connectivity index (χ2n) is 5.76. The highest BCUT2D eigenvalue weighted by Gasteiger charge is 2.39. The van der Waals surface area contributed by atoms with Gasteiger partial charge in [-0.15, -0.1) is 0 Å². The first kappa shape index (κ1) is 17.0. The molecule has 8 heteroatoms. The lowest BCUT2D eigenvalue weighted by Gasteiger charge is -2.24. The van der Waals surface area contributed by atoms with Crippen molar-refractivity contribution in [2.75, 3.05) is 11.9 Å². The number of hydrogen-bond donors (Lipinski definition) is 3. The van der Waals surface area contributed by atoms with Gasteiger partial charge in [-0.2, -0.15) is 0 Å². The van der Waals surface area contributed by atoms with E-state index in [9.17, 15) is 19.1 Å². The monoisotopic (exact) mass is 347 g/mol. The van der Waals surface area contributed by atoms with Crippen LogP contribution in [-0.4, -0.2) is 40.6 Å². The largest absolute Gasteiger partial charge is 0.467 e. The van der Waals surface area contributed by atoms with Crippen LogP contribution in [-0.2, 0) is 11.3 Å². The SMILES string of the molecule is O=C(NCc1ccco1)[C@H]1C[C@@H](O)CN1C(=O)Nc1ccccc1F. The number of aliphatic hydroxyl groups is 1. The first-order valence-corrected chi connectivity index (χ1v) is 7.85. The highest BCUT2D eigenvalue weighted by molar-refractivity contribution is 5.94. The van der Waals surface area contributed by atoms with Crippen molar-refractivity contribution in [3.63, 3.8) is 0 Å². The molecular formula is C17H18FN3O4. The van der Waals surface area contributed by atoms with Crippen molar-refractivity contribution in [3.05, 3.63) is 54.2 Å². The molecule has 2 aromatic rings. The summed E-state index contributed by atoms with van der Waals surface area (Å²) in [7, 11) is 0. The number of likely N-dealkylation sites (tertiary alicyclic amines) is 1. The van der Waals surface area contributed by atoms with E-state index < -0.39 is 29.9 Å². The van der Waals surface area contributed by atoms with Crippen molar-refractivity contribution in [2.24, 2.45) is 0 Å². The van der Waals surface area contributed by atoms with E-state index in [1.54, 1.807) is 18.2 Å². The molecule has 0 radical (unpaired) electrons. The highest BCUT2D eigenvalue weighted by Crippen LogP contribution is 2.21. The maximum atomic E-state index is 13.7. The summed E-state index contributed by atoms with van der Waals surface area (Å²) in [5.41, 5.74) is 0.0173. The summed E-state index contributed by atoms with van der Waals surface area (Å²) in [4.78, 5) is 26.0. The van der Waals surface area contributed by atoms with Gasteiger partial charge in [-0.25, -0.2) is 9.18 Å². The molecule has 0 aliphatic carbocycles. The van der Waals surface area contributed by atoms with Crippen LogP contribution in [0, 0.1) is 5.82 Å². The van der Waals surface area contributed by atoms with Gasteiger partial charge in [-0.3, -0.25) is 4.79 Å². The van der Waals surface area contributed by atoms with Crippen LogP contribution in [0.3, 0.4) is 0 Å². The minimum absolute atomic E-state index is 0.000868. The van der Waals surface area contributed by atoms with Crippen LogP contribution < -0.4 is 10.6 Å². The molecule has 3 rings (SSSR count). The molecule has 1 fully saturated rings. The molecule has 1 aromatic heterocycles. The van der Waals surface area contributed by atoms with Crippen molar-refractivity contribution < 1.29 is 23.5 Å². The lowest BCUT2D eigenvalue weighted by Crippen LogP contribution is -2.47. The number of hydrogen-bond acceptors (Lipinski definition) is 4. The number of nitrogens with zero attached hydrogens (tertiary/aromatic N) is 1. The summed E-state index contributed by atoms with van der Waals surface area (Å²) in [5.74, 6) is -0.402. The average Bonchev–Trinajstić information content (AvgIpc) is 3.24. The number of benzene rings is 1. The lowest BCUT2D eigenvalue weighted by molar-refractivity contribution is -0.125. The number of halogens is 1. The molecular weight excluding hydrogens is 329 g/mol. The number of aliphatic hydroxyl groups excluding tert-OH is 1. The Bertz CT molecular complexity index is 750. The molecule has 132 valence electrons. The van der Waals surface area contributed by atoms with Crippen LogP contribution >= 0.6 is 0 Å². The lowest BCUT2D eigenvalue weighted by atomic mass is 10.2. The molecule has 1 aliphatic heterocycles. The van der Waals surface area contributed by atoms with E-state index in [1.807, 2.05) is 0 Å². The Morgan fingerprint density at radius 2 is 2.08 bits per heavy atom. The van der Waals surface area contributed by atoms with Crippen LogP contribution in [0.4, 0.5) is 14.9 Å². The fourth-order valence-electron chi connectivity index (χ4n) is 2.74. The first-order valence-electron chi connectivity index (χ1n) is 7.85. The predicted molar refractivity (Wildman–Crippen MR) is 87.1 cm³/mol. The van der Waals surface area contributed by atoms with Crippen molar-refractivity contribution in [2.45, 2.75) is 25.1 Å². The summed E-state index contributed by atoms with van der Waals surface area (Å²) < 4.78 is 18.8. The predicted octanol–water partition coefficient (Wildman–Crippen LogP) is 1.70. The van der Waals surface area contributed by atoms with Gasteiger partial charge in [0.25, 0.3) is 0 Å². The molecule has 0 saturated carbocycles. The van der Waals surface area contributed by atoms with Crippen molar-refractivity contribution in [1.82, 2.24) is 10.2 Å². The number of β-amino-alcohol motifs (C(OH)–C–C–N with tert-alkyl or cyclic N) is 1. The molecule has 3 N–H and O–H groups in total. The third-order valence-corrected chi connectivity index (χ3v) is 3.97. The second kappa shape index (κ2) is 7.35. The van der Waals surface area contributed by atoms with Gasteiger partial charge in [0.2, 0.25) is 5.91 Å². The second-order valence-corrected chi connectivity index (χ2v) is 5.76. The van der Waals surface area contributed by atoms with E-state index in [-0.39, 0.29) is 25.2 Å². The Labute approximate surface area is 143 Å². The Morgan fingerprint density at radius 3 is 2.80 bits per heavy atom. The van der Waals surface area contributed by atoms with E-state index in [0.717, 1.165) is 0 Å². The fourth-order valence-corrected chi connectivity index (χ4v) is 2.74. The van der Waals surface area contributed by atoms with Gasteiger partial charge < -0.3 is 25.1 Å². The number of furan rings is 1. The highest BCUT2D eigenvalue weighted by atomic mass is 19.1. The normalized spacial score (nSPS) is 19.7. The zero-order chi connectivity index (χ0) is 17.8. The molecule has 7 nitrogen and oxygen atoms in total. The van der Waals surface area contributed by atoms with Crippen LogP contribution in [0.2, 0.25) is 0 Å². The maximum absolute atomic E-state index is 13.7. The average molecular weight is 347 g/mol. The smallest absolute Gasteiger partial charge is 0.322 e. The van der Waals surface area contributed by atoms with E-state index >= 15 is 0 Å². The third-order valence-electron chi connectivity index (χ3n) is 3.97. The first-order chi connectivity index (χ1) is 12.0. The van der Waals surface area contributed by atoms with Gasteiger partial charge >= 0.3 is 6.03 Å². The van der Waals surface area contributed by atoms with Crippen molar-refractivity contribution in [1.29, 1.82) is 0 Å². The summed E-state index contributed by atoms with van der Waals surface area (Å²) in [6.07, 6.45) is 0.801. The fraction of sp³-hybridized carbons (Fsp3) is 0.294. The zero-order valence-corrected chi connectivity index (χ0v) is 13.3. The molecule has 3 amide bonds. The number of urea groups is 1. The number of amides is 3. The maximum Gasteiger partial charge on any atom is 0.322 e. The molecule has 0 spiro atoms. The number of rotatable bonds is 4. The Kier molecular flexibility index (Phi) is 4.99. The molecule has 0 unspecified atom stereocenters. The third kappa shape index (κ3) is 3.97. The summed E-state index contributed by atoms with van der Waals surface area (Å²) in [5, 5.41) is 14.9. The van der Waals surface area contributed by atoms with E-state index in [0.29, 0.717) is 5.76 Å². The minimum Gasteiger partial charge on any atom is -0.467 e.